The maximum Gasteiger partial charge on any atom is 0.278 e. The Morgan fingerprint density at radius 3 is 2.24 bits per heavy atom. The van der Waals surface area contributed by atoms with Crippen molar-refractivity contribution in [1.82, 2.24) is 24.5 Å². The first-order valence-electron chi connectivity index (χ1n) is 19.0. The van der Waals surface area contributed by atoms with Gasteiger partial charge in [0.1, 0.15) is 18.6 Å². The molecule has 2 amide bonds. The van der Waals surface area contributed by atoms with E-state index in [1.165, 1.54) is 12.1 Å². The number of imide groups is 1. The Kier molecular flexibility index (Phi) is 12.3. The summed E-state index contributed by atoms with van der Waals surface area (Å²) in [5, 5.41) is 2.99. The number of aromatic nitrogens is 2. The summed E-state index contributed by atoms with van der Waals surface area (Å²) in [6.07, 6.45) is 3.67. The second-order valence-corrected chi connectivity index (χ2v) is 24.7. The third kappa shape index (κ3) is 10.3. The molecule has 3 aromatic rings. The molecule has 0 spiro atoms. The molecular formula is C39H55F2N5O6SSi. The highest BCUT2D eigenvalue weighted by Gasteiger charge is 2.43. The minimum absolute atomic E-state index is 0.0829. The monoisotopic (exact) mass is 787 g/mol. The number of hydrogen-bond acceptors (Lipinski definition) is 8. The van der Waals surface area contributed by atoms with E-state index in [1.807, 2.05) is 50.5 Å². The van der Waals surface area contributed by atoms with Crippen molar-refractivity contribution in [1.29, 1.82) is 0 Å². The lowest BCUT2D eigenvalue weighted by Gasteiger charge is -2.28. The van der Waals surface area contributed by atoms with E-state index in [-0.39, 0.29) is 42.8 Å². The molecular weight excluding hydrogens is 733 g/mol. The molecule has 0 bridgehead atoms. The van der Waals surface area contributed by atoms with Gasteiger partial charge in [0, 0.05) is 14.7 Å². The van der Waals surface area contributed by atoms with E-state index in [2.05, 4.69) is 29.7 Å². The number of amides is 2. The number of benzene rings is 2. The quantitative estimate of drug-likeness (QED) is 0.0733. The van der Waals surface area contributed by atoms with Crippen LogP contribution >= 0.6 is 0 Å². The third-order valence-electron chi connectivity index (χ3n) is 9.79. The molecule has 2 aromatic carbocycles. The number of nitrogens with one attached hydrogen (secondary N) is 2. The van der Waals surface area contributed by atoms with Gasteiger partial charge in [-0.05, 0) is 89.3 Å². The van der Waals surface area contributed by atoms with Crippen LogP contribution in [0.5, 0.6) is 0 Å². The predicted molar refractivity (Wildman–Crippen MR) is 208 cm³/mol. The van der Waals surface area contributed by atoms with Crippen LogP contribution in [0.4, 0.5) is 8.78 Å². The lowest BCUT2D eigenvalue weighted by Crippen LogP contribution is -2.46. The molecule has 2 fully saturated rings. The molecule has 1 aliphatic heterocycles. The average molecular weight is 788 g/mol. The van der Waals surface area contributed by atoms with Crippen molar-refractivity contribution < 1.29 is 36.8 Å². The first kappa shape index (κ1) is 40.7. The first-order valence-corrected chi connectivity index (χ1v) is 23.9. The Balaban J connectivity index is 1.27. The van der Waals surface area contributed by atoms with E-state index < -0.39 is 66.7 Å². The molecule has 4 atom stereocenters. The molecule has 11 nitrogen and oxygen atoms in total. The van der Waals surface area contributed by atoms with Gasteiger partial charge in [0.2, 0.25) is 0 Å². The summed E-state index contributed by atoms with van der Waals surface area (Å²) >= 11 is 0. The van der Waals surface area contributed by atoms with Crippen LogP contribution in [0.25, 0.3) is 11.0 Å². The maximum absolute atomic E-state index is 15.6. The van der Waals surface area contributed by atoms with Crippen molar-refractivity contribution in [2.45, 2.75) is 127 Å². The van der Waals surface area contributed by atoms with E-state index >= 15 is 8.78 Å². The Hall–Kier alpha value is -2.92. The van der Waals surface area contributed by atoms with Gasteiger partial charge in [0.15, 0.2) is 0 Å². The minimum Gasteiger partial charge on any atom is -0.376 e. The van der Waals surface area contributed by atoms with Crippen LogP contribution in [0.1, 0.15) is 97.6 Å². The lowest BCUT2D eigenvalue weighted by molar-refractivity contribution is -0.0258. The molecule has 0 saturated heterocycles. The van der Waals surface area contributed by atoms with Crippen LogP contribution in [-0.4, -0.2) is 93.8 Å². The summed E-state index contributed by atoms with van der Waals surface area (Å²) in [7, 11) is -2.79. The van der Waals surface area contributed by atoms with Gasteiger partial charge in [-0.1, -0.05) is 37.8 Å². The third-order valence-corrected chi connectivity index (χ3v) is 13.1. The molecule has 296 valence electrons. The molecule has 54 heavy (non-hydrogen) atoms. The SMILES string of the molecule is C[C@@H](OC1CC1)[C@H](NS(=O)C(C)(C)C)c1nc2cc([C@@H](COC3CC3)NCC(F)(F)CN3C(=O)c4ccccc4C3=O)ccc2n1COCC[Si](C)(C)C. The minimum atomic E-state index is -3.42. The smallest absolute Gasteiger partial charge is 0.278 e. The Morgan fingerprint density at radius 2 is 1.65 bits per heavy atom. The van der Waals surface area contributed by atoms with E-state index in [0.29, 0.717) is 28.4 Å². The number of fused-ring (bicyclic) bond motifs is 2. The second kappa shape index (κ2) is 16.3. The Morgan fingerprint density at radius 1 is 1.00 bits per heavy atom. The fraction of sp³-hybridized carbons (Fsp3) is 0.615. The van der Waals surface area contributed by atoms with E-state index in [9.17, 15) is 13.8 Å². The number of carbonyl (C=O) groups excluding carboxylic acids is 2. The van der Waals surface area contributed by atoms with Crippen molar-refractivity contribution >= 4 is 41.9 Å². The summed E-state index contributed by atoms with van der Waals surface area (Å²) in [5.41, 5.74) is 2.36. The molecule has 0 radical (unpaired) electrons. The van der Waals surface area contributed by atoms with Gasteiger partial charge >= 0.3 is 0 Å². The van der Waals surface area contributed by atoms with E-state index in [4.69, 9.17) is 19.2 Å². The topological polar surface area (TPSA) is 124 Å². The van der Waals surface area contributed by atoms with Crippen molar-refractivity contribution in [2.24, 2.45) is 0 Å². The highest BCUT2D eigenvalue weighted by atomic mass is 32.2. The standard InChI is InChI=1S/C39H55F2N5O6SSi/c1-25(52-28-15-16-28)34(44-53(49)38(2,3)4)35-43-31-20-26(12-17-33(31)46(35)24-50-18-19-54(5,6)7)32(21-51-27-13-14-27)42-22-39(40,41)23-45-36(47)29-10-8-9-11-30(29)37(45)48/h8-12,17,20,25,27-28,32,34,42,44H,13-16,18-19,21-24H2,1-7H3/t25-,32-,34+,53?/m1/s1. The molecule has 15 heteroatoms. The number of hydrogen-bond donors (Lipinski definition) is 2. The predicted octanol–water partition coefficient (Wildman–Crippen LogP) is 6.75. The summed E-state index contributed by atoms with van der Waals surface area (Å²) in [6, 6.07) is 11.6. The molecule has 1 unspecified atom stereocenters. The van der Waals surface area contributed by atoms with Gasteiger partial charge < -0.3 is 24.1 Å². The van der Waals surface area contributed by atoms with E-state index in [0.717, 1.165) is 37.2 Å². The number of nitrogens with zero attached hydrogens (tertiary/aromatic N) is 3. The lowest BCUT2D eigenvalue weighted by atomic mass is 10.1. The second-order valence-electron chi connectivity index (χ2n) is 17.1. The highest BCUT2D eigenvalue weighted by Crippen LogP contribution is 2.34. The van der Waals surface area contributed by atoms with Gasteiger partial charge in [-0.2, -0.15) is 0 Å². The van der Waals surface area contributed by atoms with Crippen LogP contribution in [0.3, 0.4) is 0 Å². The van der Waals surface area contributed by atoms with Crippen LogP contribution in [0, 0.1) is 0 Å². The maximum atomic E-state index is 15.6. The summed E-state index contributed by atoms with van der Waals surface area (Å²) < 4.78 is 68.1. The van der Waals surface area contributed by atoms with Gasteiger partial charge in [-0.3, -0.25) is 14.5 Å². The normalized spacial score (nSPS) is 19.0. The summed E-state index contributed by atoms with van der Waals surface area (Å²) in [5.74, 6) is -4.24. The van der Waals surface area contributed by atoms with Crippen LogP contribution in [-0.2, 0) is 31.9 Å². The average Bonchev–Trinajstić information content (AvgIpc) is 4.04. The molecule has 2 aliphatic carbocycles. The number of halogens is 2. The zero-order chi connectivity index (χ0) is 39.0. The van der Waals surface area contributed by atoms with Gasteiger partial charge in [0.25, 0.3) is 17.7 Å². The van der Waals surface area contributed by atoms with Crippen LogP contribution < -0.4 is 10.0 Å². The molecule has 2 saturated carbocycles. The van der Waals surface area contributed by atoms with Gasteiger partial charge in [-0.25, -0.2) is 22.7 Å². The van der Waals surface area contributed by atoms with Crippen molar-refractivity contribution in [3.8, 4) is 0 Å². The number of rotatable bonds is 20. The highest BCUT2D eigenvalue weighted by molar-refractivity contribution is 7.84. The van der Waals surface area contributed by atoms with Gasteiger partial charge in [-0.15, -0.1) is 0 Å². The zero-order valence-corrected chi connectivity index (χ0v) is 34.3. The number of alkyl halides is 2. The molecule has 6 rings (SSSR count). The summed E-state index contributed by atoms with van der Waals surface area (Å²) in [6.45, 7) is 13.7. The van der Waals surface area contributed by atoms with Gasteiger partial charge in [0.05, 0.1) is 81.9 Å². The number of imidazole rings is 1. The Bertz CT molecular complexity index is 1820. The Labute approximate surface area is 320 Å². The van der Waals surface area contributed by atoms with Crippen molar-refractivity contribution in [2.75, 3.05) is 26.3 Å². The zero-order valence-electron chi connectivity index (χ0n) is 32.5. The molecule has 3 aliphatic rings. The number of ether oxygens (including phenoxy) is 3. The first-order chi connectivity index (χ1) is 25.4. The molecule has 2 N–H and O–H groups in total. The van der Waals surface area contributed by atoms with E-state index in [1.54, 1.807) is 12.1 Å². The summed E-state index contributed by atoms with van der Waals surface area (Å²) in [4.78, 5) is 31.4. The molecule has 1 aromatic heterocycles. The fourth-order valence-corrected chi connectivity index (χ4v) is 7.85. The van der Waals surface area contributed by atoms with Crippen LogP contribution in [0.15, 0.2) is 42.5 Å². The van der Waals surface area contributed by atoms with Crippen molar-refractivity contribution in [3.63, 3.8) is 0 Å². The van der Waals surface area contributed by atoms with Crippen LogP contribution in [0.2, 0.25) is 25.7 Å². The number of carbonyl (C=O) groups is 2. The fourth-order valence-electron chi connectivity index (χ4n) is 6.21. The van der Waals surface area contributed by atoms with Crippen molar-refractivity contribution in [3.05, 3.63) is 65.0 Å². The molecule has 2 heterocycles. The largest absolute Gasteiger partial charge is 0.376 e.